The normalized spacial score (nSPS) is 11.0. The summed E-state index contributed by atoms with van der Waals surface area (Å²) < 4.78 is 5.20. The number of hydrogen-bond donors (Lipinski definition) is 1. The molecule has 0 saturated carbocycles. The van der Waals surface area contributed by atoms with Gasteiger partial charge in [0.25, 0.3) is 11.9 Å². The van der Waals surface area contributed by atoms with Crippen LogP contribution in [0.25, 0.3) is 0 Å². The Labute approximate surface area is 122 Å². The van der Waals surface area contributed by atoms with Gasteiger partial charge in [0.1, 0.15) is 0 Å². The highest BCUT2D eigenvalue weighted by Crippen LogP contribution is 2.22. The molecule has 1 aromatic carbocycles. The Morgan fingerprint density at radius 1 is 1.47 bits per heavy atom. The molecule has 0 spiro atoms. The molecule has 0 radical (unpaired) electrons. The van der Waals surface area contributed by atoms with Crippen molar-refractivity contribution in [1.82, 2.24) is 5.32 Å². The minimum absolute atomic E-state index is 0.151. The van der Waals surface area contributed by atoms with Gasteiger partial charge in [0, 0.05) is 5.56 Å². The van der Waals surface area contributed by atoms with Gasteiger partial charge in [0.05, 0.1) is 23.2 Å². The van der Waals surface area contributed by atoms with Crippen LogP contribution in [0, 0.1) is 0 Å². The van der Waals surface area contributed by atoms with E-state index < -0.39 is 0 Å². The van der Waals surface area contributed by atoms with Crippen molar-refractivity contribution in [3.8, 4) is 0 Å². The van der Waals surface area contributed by atoms with Gasteiger partial charge in [0.2, 0.25) is 0 Å². The first-order valence-electron chi connectivity index (χ1n) is 5.63. The van der Waals surface area contributed by atoms with Crippen molar-refractivity contribution in [3.63, 3.8) is 0 Å². The van der Waals surface area contributed by atoms with Crippen molar-refractivity contribution >= 4 is 35.1 Å². The van der Waals surface area contributed by atoms with Gasteiger partial charge >= 0.3 is 0 Å². The van der Waals surface area contributed by atoms with Gasteiger partial charge in [0.15, 0.2) is 0 Å². The predicted octanol–water partition coefficient (Wildman–Crippen LogP) is 3.30. The molecule has 0 bridgehead atoms. The predicted molar refractivity (Wildman–Crippen MR) is 78.1 cm³/mol. The van der Waals surface area contributed by atoms with E-state index in [9.17, 15) is 4.79 Å². The minimum atomic E-state index is -0.366. The van der Waals surface area contributed by atoms with Crippen LogP contribution in [0.4, 0.5) is 0 Å². The van der Waals surface area contributed by atoms with Gasteiger partial charge in [-0.25, -0.2) is 4.99 Å². The second-order valence-electron chi connectivity index (χ2n) is 3.45. The highest BCUT2D eigenvalue weighted by atomic mass is 35.5. The first-order valence-corrected chi connectivity index (χ1v) is 6.38. The fourth-order valence-corrected chi connectivity index (χ4v) is 1.51. The lowest BCUT2D eigenvalue weighted by atomic mass is 10.2. The van der Waals surface area contributed by atoms with Crippen LogP contribution in [0.2, 0.25) is 10.0 Å². The van der Waals surface area contributed by atoms with Crippen LogP contribution >= 0.6 is 23.2 Å². The third-order valence-corrected chi connectivity index (χ3v) is 2.79. The quantitative estimate of drug-likeness (QED) is 0.527. The number of benzene rings is 1. The second-order valence-corrected chi connectivity index (χ2v) is 4.26. The Balaban J connectivity index is 2.81. The molecule has 4 nitrogen and oxygen atoms in total. The summed E-state index contributed by atoms with van der Waals surface area (Å²) in [5.74, 6) is -0.366. The molecule has 19 heavy (non-hydrogen) atoms. The molecule has 6 heteroatoms. The Kier molecular flexibility index (Phi) is 6.39. The van der Waals surface area contributed by atoms with Gasteiger partial charge in [-0.1, -0.05) is 29.3 Å². The summed E-state index contributed by atoms with van der Waals surface area (Å²) in [7, 11) is 0. The molecule has 0 heterocycles. The number of amidine groups is 1. The maximum absolute atomic E-state index is 12.0. The van der Waals surface area contributed by atoms with Gasteiger partial charge < -0.3 is 4.74 Å². The Hall–Kier alpha value is -1.52. The van der Waals surface area contributed by atoms with Crippen LogP contribution in [-0.4, -0.2) is 25.1 Å². The molecule has 1 aromatic rings. The molecule has 0 saturated heterocycles. The maximum atomic E-state index is 12.0. The Bertz CT molecular complexity index is 501. The highest BCUT2D eigenvalue weighted by Gasteiger charge is 2.11. The standard InChI is InChI=1S/C13H14Cl2N2O2/c1-3-7-16-13(19-4-2)17-12(18)9-5-6-10(14)11(15)8-9/h3,5-6,8H,1,4,7H2,2H3,(H,16,17,18). The summed E-state index contributed by atoms with van der Waals surface area (Å²) in [6.07, 6.45) is 1.60. The fraction of sp³-hybridized carbons (Fsp3) is 0.231. The van der Waals surface area contributed by atoms with E-state index in [0.29, 0.717) is 28.8 Å². The number of aliphatic imine (C=N–C) groups is 1. The molecule has 0 unspecified atom stereocenters. The molecule has 0 aliphatic rings. The van der Waals surface area contributed by atoms with Crippen molar-refractivity contribution < 1.29 is 9.53 Å². The lowest BCUT2D eigenvalue weighted by Crippen LogP contribution is -2.32. The molecular formula is C13H14Cl2N2O2. The third kappa shape index (κ3) is 4.93. The zero-order valence-electron chi connectivity index (χ0n) is 10.5. The van der Waals surface area contributed by atoms with Crippen LogP contribution in [0.1, 0.15) is 17.3 Å². The molecule has 1 rings (SSSR count). The maximum Gasteiger partial charge on any atom is 0.291 e. The van der Waals surface area contributed by atoms with E-state index in [1.165, 1.54) is 6.07 Å². The molecule has 0 aliphatic carbocycles. The Morgan fingerprint density at radius 3 is 2.79 bits per heavy atom. The number of hydrogen-bond acceptors (Lipinski definition) is 3. The summed E-state index contributed by atoms with van der Waals surface area (Å²) in [4.78, 5) is 16.0. The van der Waals surface area contributed by atoms with Crippen LogP contribution in [0.15, 0.2) is 35.8 Å². The zero-order chi connectivity index (χ0) is 14.3. The number of halogens is 2. The first-order chi connectivity index (χ1) is 9.08. The van der Waals surface area contributed by atoms with Crippen LogP contribution in [0.5, 0.6) is 0 Å². The third-order valence-electron chi connectivity index (χ3n) is 2.05. The van der Waals surface area contributed by atoms with Gasteiger partial charge in [-0.2, -0.15) is 0 Å². The summed E-state index contributed by atoms with van der Waals surface area (Å²) in [6.45, 7) is 6.10. The molecule has 0 atom stereocenters. The molecule has 0 aliphatic heterocycles. The van der Waals surface area contributed by atoms with E-state index >= 15 is 0 Å². The Morgan fingerprint density at radius 2 is 2.21 bits per heavy atom. The molecule has 1 N–H and O–H groups in total. The molecule has 0 fully saturated rings. The highest BCUT2D eigenvalue weighted by molar-refractivity contribution is 6.42. The zero-order valence-corrected chi connectivity index (χ0v) is 12.0. The number of carbonyl (C=O) groups excluding carboxylic acids is 1. The molecule has 0 aromatic heterocycles. The summed E-state index contributed by atoms with van der Waals surface area (Å²) in [6, 6.07) is 4.76. The first kappa shape index (κ1) is 15.5. The lowest BCUT2D eigenvalue weighted by molar-refractivity contribution is 0.0966. The molecular weight excluding hydrogens is 287 g/mol. The van der Waals surface area contributed by atoms with Crippen LogP contribution in [0.3, 0.4) is 0 Å². The van der Waals surface area contributed by atoms with Crippen molar-refractivity contribution in [2.45, 2.75) is 6.92 Å². The second kappa shape index (κ2) is 7.81. The van der Waals surface area contributed by atoms with Crippen molar-refractivity contribution in [3.05, 3.63) is 46.5 Å². The molecule has 102 valence electrons. The van der Waals surface area contributed by atoms with E-state index in [2.05, 4.69) is 16.9 Å². The van der Waals surface area contributed by atoms with Crippen LogP contribution < -0.4 is 5.32 Å². The van der Waals surface area contributed by atoms with Gasteiger partial charge in [-0.3, -0.25) is 10.1 Å². The van der Waals surface area contributed by atoms with Gasteiger partial charge in [-0.05, 0) is 25.1 Å². The monoisotopic (exact) mass is 300 g/mol. The van der Waals surface area contributed by atoms with Crippen molar-refractivity contribution in [1.29, 1.82) is 0 Å². The number of nitrogens with zero attached hydrogens (tertiary/aromatic N) is 1. The summed E-state index contributed by atoms with van der Waals surface area (Å²) in [5.41, 5.74) is 0.375. The number of amides is 1. The van der Waals surface area contributed by atoms with E-state index in [1.54, 1.807) is 25.1 Å². The number of rotatable bonds is 4. The lowest BCUT2D eigenvalue weighted by Gasteiger charge is -2.09. The summed E-state index contributed by atoms with van der Waals surface area (Å²) >= 11 is 11.6. The average Bonchev–Trinajstić information content (AvgIpc) is 2.39. The summed E-state index contributed by atoms with van der Waals surface area (Å²) in [5, 5.41) is 3.26. The number of ether oxygens (including phenoxy) is 1. The van der Waals surface area contributed by atoms with Crippen molar-refractivity contribution in [2.24, 2.45) is 4.99 Å². The van der Waals surface area contributed by atoms with E-state index in [-0.39, 0.29) is 11.9 Å². The average molecular weight is 301 g/mol. The van der Waals surface area contributed by atoms with E-state index in [0.717, 1.165) is 0 Å². The smallest absolute Gasteiger partial charge is 0.291 e. The fourth-order valence-electron chi connectivity index (χ4n) is 1.21. The number of carbonyl (C=O) groups is 1. The van der Waals surface area contributed by atoms with Gasteiger partial charge in [-0.15, -0.1) is 6.58 Å². The van der Waals surface area contributed by atoms with E-state index in [1.807, 2.05) is 0 Å². The molecule has 1 amide bonds. The topological polar surface area (TPSA) is 50.7 Å². The van der Waals surface area contributed by atoms with Crippen molar-refractivity contribution in [2.75, 3.05) is 13.2 Å². The minimum Gasteiger partial charge on any atom is -0.465 e. The number of nitrogens with one attached hydrogen (secondary N) is 1. The van der Waals surface area contributed by atoms with E-state index in [4.69, 9.17) is 27.9 Å². The SMILES string of the molecule is C=CCN=C(NC(=O)c1ccc(Cl)c(Cl)c1)OCC. The largest absolute Gasteiger partial charge is 0.465 e. The van der Waals surface area contributed by atoms with Crippen LogP contribution in [-0.2, 0) is 4.74 Å².